The lowest BCUT2D eigenvalue weighted by Crippen LogP contribution is -2.06. The summed E-state index contributed by atoms with van der Waals surface area (Å²) < 4.78 is 2.32. The molecule has 25 heavy (non-hydrogen) atoms. The number of carbonyl (C=O) groups excluding carboxylic acids is 1. The number of aryl methyl sites for hydroxylation is 1. The molecule has 0 bridgehead atoms. The van der Waals surface area contributed by atoms with Gasteiger partial charge in [0.25, 0.3) is 0 Å². The molecule has 1 aliphatic rings. The molecular formula is C20H21N3OS. The van der Waals surface area contributed by atoms with Crippen LogP contribution in [0, 0.1) is 13.8 Å². The van der Waals surface area contributed by atoms with Crippen LogP contribution in [0.1, 0.15) is 40.6 Å². The van der Waals surface area contributed by atoms with Crippen molar-refractivity contribution in [3.05, 3.63) is 59.5 Å². The Kier molecular flexibility index (Phi) is 4.25. The van der Waals surface area contributed by atoms with Gasteiger partial charge in [-0.25, -0.2) is 4.98 Å². The monoisotopic (exact) mass is 351 g/mol. The number of aromatic nitrogens is 3. The van der Waals surface area contributed by atoms with Gasteiger partial charge in [-0.15, -0.1) is 0 Å². The van der Waals surface area contributed by atoms with Crippen molar-refractivity contribution in [3.63, 3.8) is 0 Å². The zero-order chi connectivity index (χ0) is 17.4. The lowest BCUT2D eigenvalue weighted by molar-refractivity contribution is 0.102. The molecule has 1 aliphatic carbocycles. The maximum atomic E-state index is 12.6. The van der Waals surface area contributed by atoms with Gasteiger partial charge in [0.15, 0.2) is 10.9 Å². The first-order chi connectivity index (χ1) is 12.1. The molecule has 0 amide bonds. The maximum Gasteiger partial charge on any atom is 0.175 e. The van der Waals surface area contributed by atoms with Gasteiger partial charge in [-0.1, -0.05) is 42.1 Å². The number of ketones is 1. The van der Waals surface area contributed by atoms with E-state index in [4.69, 9.17) is 0 Å². The van der Waals surface area contributed by atoms with E-state index < -0.39 is 0 Å². The highest BCUT2D eigenvalue weighted by Crippen LogP contribution is 2.38. The van der Waals surface area contributed by atoms with Crippen molar-refractivity contribution in [2.75, 3.05) is 5.75 Å². The summed E-state index contributed by atoms with van der Waals surface area (Å²) >= 11 is 1.46. The Balaban J connectivity index is 1.44. The molecule has 5 heteroatoms. The Labute approximate surface area is 151 Å². The minimum absolute atomic E-state index is 0.169. The van der Waals surface area contributed by atoms with Gasteiger partial charge in [0, 0.05) is 23.0 Å². The quantitative estimate of drug-likeness (QED) is 0.512. The Morgan fingerprint density at radius 1 is 1.28 bits per heavy atom. The van der Waals surface area contributed by atoms with E-state index in [0.29, 0.717) is 11.8 Å². The smallest absolute Gasteiger partial charge is 0.175 e. The Hall–Kier alpha value is -2.27. The fraction of sp³-hybridized carbons (Fsp3) is 0.300. The molecule has 1 N–H and O–H groups in total. The first-order valence-corrected chi connectivity index (χ1v) is 9.57. The average Bonchev–Trinajstić information content (AvgIpc) is 3.25. The number of Topliss-reactive ketones (excluding diaryl/α,β-unsaturated/α-hetero) is 1. The van der Waals surface area contributed by atoms with Crippen LogP contribution in [0.5, 0.6) is 0 Å². The standard InChI is InChI=1S/C20H21N3OS/c1-13-10-17(14(2)23(13)16-8-9-16)19(24)12-25-20-21-11-18(22-20)15-6-4-3-5-7-15/h3-7,10-11,16H,8-9,12H2,1-2H3,(H,21,22). The molecule has 0 atom stereocenters. The van der Waals surface area contributed by atoms with Gasteiger partial charge < -0.3 is 9.55 Å². The highest BCUT2D eigenvalue weighted by Gasteiger charge is 2.28. The second-order valence-corrected chi connectivity index (χ2v) is 7.53. The second-order valence-electron chi connectivity index (χ2n) is 6.57. The van der Waals surface area contributed by atoms with E-state index in [9.17, 15) is 4.79 Å². The molecule has 2 aromatic heterocycles. The van der Waals surface area contributed by atoms with Crippen molar-refractivity contribution in [1.82, 2.24) is 14.5 Å². The molecule has 4 rings (SSSR count). The van der Waals surface area contributed by atoms with Crippen molar-refractivity contribution in [3.8, 4) is 11.3 Å². The molecule has 0 spiro atoms. The highest BCUT2D eigenvalue weighted by atomic mass is 32.2. The van der Waals surface area contributed by atoms with Crippen LogP contribution < -0.4 is 0 Å². The van der Waals surface area contributed by atoms with E-state index in [-0.39, 0.29) is 5.78 Å². The van der Waals surface area contributed by atoms with Crippen LogP contribution >= 0.6 is 11.8 Å². The van der Waals surface area contributed by atoms with Crippen LogP contribution in [-0.2, 0) is 0 Å². The van der Waals surface area contributed by atoms with E-state index in [1.54, 1.807) is 0 Å². The van der Waals surface area contributed by atoms with E-state index in [0.717, 1.165) is 27.7 Å². The summed E-state index contributed by atoms with van der Waals surface area (Å²) in [5.41, 5.74) is 5.23. The molecular weight excluding hydrogens is 330 g/mol. The van der Waals surface area contributed by atoms with E-state index in [1.807, 2.05) is 42.6 Å². The molecule has 0 unspecified atom stereocenters. The first kappa shape index (κ1) is 16.2. The van der Waals surface area contributed by atoms with Gasteiger partial charge in [0.1, 0.15) is 0 Å². The normalized spacial score (nSPS) is 14.0. The van der Waals surface area contributed by atoms with Crippen LogP contribution in [0.4, 0.5) is 0 Å². The number of hydrogen-bond acceptors (Lipinski definition) is 3. The molecule has 1 saturated carbocycles. The third-order valence-corrected chi connectivity index (χ3v) is 5.56. The maximum absolute atomic E-state index is 12.6. The van der Waals surface area contributed by atoms with Crippen LogP contribution in [0.15, 0.2) is 47.8 Å². The molecule has 128 valence electrons. The first-order valence-electron chi connectivity index (χ1n) is 8.58. The molecule has 0 radical (unpaired) electrons. The summed E-state index contributed by atoms with van der Waals surface area (Å²) in [5.74, 6) is 0.569. The number of thioether (sulfide) groups is 1. The van der Waals surface area contributed by atoms with Gasteiger partial charge in [-0.05, 0) is 38.3 Å². The Morgan fingerprint density at radius 2 is 2.04 bits per heavy atom. The van der Waals surface area contributed by atoms with Gasteiger partial charge in [0.05, 0.1) is 17.6 Å². The number of carbonyl (C=O) groups is 1. The van der Waals surface area contributed by atoms with Crippen molar-refractivity contribution in [2.45, 2.75) is 37.9 Å². The van der Waals surface area contributed by atoms with Crippen LogP contribution in [-0.4, -0.2) is 26.1 Å². The summed E-state index contributed by atoms with van der Waals surface area (Å²) in [7, 11) is 0. The molecule has 0 aliphatic heterocycles. The number of nitrogens with one attached hydrogen (secondary N) is 1. The third-order valence-electron chi connectivity index (χ3n) is 4.67. The summed E-state index contributed by atoms with van der Waals surface area (Å²) in [6.45, 7) is 4.15. The predicted molar refractivity (Wildman–Crippen MR) is 101 cm³/mol. The summed E-state index contributed by atoms with van der Waals surface area (Å²) in [4.78, 5) is 20.3. The molecule has 1 fully saturated rings. The lowest BCUT2D eigenvalue weighted by atomic mass is 10.2. The summed E-state index contributed by atoms with van der Waals surface area (Å²) in [5, 5.41) is 0.781. The molecule has 3 aromatic rings. The molecule has 0 saturated heterocycles. The van der Waals surface area contributed by atoms with Crippen molar-refractivity contribution in [2.24, 2.45) is 0 Å². The predicted octanol–water partition coefficient (Wildman–Crippen LogP) is 4.80. The number of H-pyrrole nitrogens is 1. The van der Waals surface area contributed by atoms with Crippen LogP contribution in [0.3, 0.4) is 0 Å². The minimum Gasteiger partial charge on any atom is -0.345 e. The highest BCUT2D eigenvalue weighted by molar-refractivity contribution is 7.99. The van der Waals surface area contributed by atoms with Gasteiger partial charge in [0.2, 0.25) is 0 Å². The van der Waals surface area contributed by atoms with E-state index in [2.05, 4.69) is 28.4 Å². The number of aromatic amines is 1. The number of rotatable bonds is 6. The topological polar surface area (TPSA) is 50.7 Å². The second kappa shape index (κ2) is 6.56. The van der Waals surface area contributed by atoms with Gasteiger partial charge in [-0.2, -0.15) is 0 Å². The Bertz CT molecular complexity index is 906. The zero-order valence-electron chi connectivity index (χ0n) is 14.5. The number of benzene rings is 1. The van der Waals surface area contributed by atoms with Gasteiger partial charge in [-0.3, -0.25) is 4.79 Å². The minimum atomic E-state index is 0.169. The fourth-order valence-corrected chi connectivity index (χ4v) is 4.04. The zero-order valence-corrected chi connectivity index (χ0v) is 15.3. The molecule has 4 nitrogen and oxygen atoms in total. The third kappa shape index (κ3) is 3.29. The van der Waals surface area contributed by atoms with E-state index in [1.165, 1.54) is 30.3 Å². The van der Waals surface area contributed by atoms with E-state index >= 15 is 0 Å². The van der Waals surface area contributed by atoms with Crippen molar-refractivity contribution >= 4 is 17.5 Å². The molecule has 2 heterocycles. The summed E-state index contributed by atoms with van der Waals surface area (Å²) in [6.07, 6.45) is 4.28. The Morgan fingerprint density at radius 3 is 2.76 bits per heavy atom. The molecule has 1 aromatic carbocycles. The number of hydrogen-bond donors (Lipinski definition) is 1. The van der Waals surface area contributed by atoms with Crippen LogP contribution in [0.25, 0.3) is 11.3 Å². The number of imidazole rings is 1. The van der Waals surface area contributed by atoms with Crippen LogP contribution in [0.2, 0.25) is 0 Å². The lowest BCUT2D eigenvalue weighted by Gasteiger charge is -2.07. The van der Waals surface area contributed by atoms with Crippen molar-refractivity contribution < 1.29 is 4.79 Å². The fourth-order valence-electron chi connectivity index (χ4n) is 3.31. The summed E-state index contributed by atoms with van der Waals surface area (Å²) in [6, 6.07) is 12.7. The SMILES string of the molecule is Cc1cc(C(=O)CSc2ncc(-c3ccccc3)[nH]2)c(C)n1C1CC1. The number of nitrogens with zero attached hydrogens (tertiary/aromatic N) is 2. The van der Waals surface area contributed by atoms with Crippen molar-refractivity contribution in [1.29, 1.82) is 0 Å². The van der Waals surface area contributed by atoms with Gasteiger partial charge >= 0.3 is 0 Å². The average molecular weight is 351 g/mol. The largest absolute Gasteiger partial charge is 0.345 e.